The van der Waals surface area contributed by atoms with Gasteiger partial charge in [-0.15, -0.1) is 0 Å². The Hall–Kier alpha value is -3.39. The Labute approximate surface area is 206 Å². The van der Waals surface area contributed by atoms with Crippen molar-refractivity contribution in [2.45, 2.75) is 44.7 Å². The minimum Gasteiger partial charge on any atom is -0.481 e. The van der Waals surface area contributed by atoms with Gasteiger partial charge in [0.2, 0.25) is 5.91 Å². The van der Waals surface area contributed by atoms with Gasteiger partial charge in [0.05, 0.1) is 6.42 Å². The van der Waals surface area contributed by atoms with Crippen LogP contribution >= 0.6 is 0 Å². The largest absolute Gasteiger partial charge is 0.481 e. The maximum atomic E-state index is 13.4. The molecule has 1 aliphatic carbocycles. The van der Waals surface area contributed by atoms with E-state index in [1.807, 2.05) is 57.2 Å². The molecule has 2 aromatic rings. The van der Waals surface area contributed by atoms with E-state index in [1.54, 1.807) is 19.0 Å². The van der Waals surface area contributed by atoms with E-state index in [0.29, 0.717) is 0 Å². The van der Waals surface area contributed by atoms with Gasteiger partial charge < -0.3 is 25.0 Å². The second-order valence-electron chi connectivity index (χ2n) is 10.1. The number of carboxylic acids is 1. The van der Waals surface area contributed by atoms with Gasteiger partial charge in [-0.05, 0) is 57.1 Å². The molecule has 0 fully saturated rings. The Bertz CT molecular complexity index is 1030. The number of aliphatic carboxylic acids is 1. The van der Waals surface area contributed by atoms with Crippen LogP contribution in [0.2, 0.25) is 0 Å². The summed E-state index contributed by atoms with van der Waals surface area (Å²) in [7, 11) is 3.61. The number of carbonyl (C=O) groups is 3. The molecule has 0 bridgehead atoms. The number of nitrogens with one attached hydrogen (secondary N) is 1. The van der Waals surface area contributed by atoms with Crippen LogP contribution in [-0.2, 0) is 14.3 Å². The Morgan fingerprint density at radius 2 is 1.54 bits per heavy atom. The van der Waals surface area contributed by atoms with Crippen molar-refractivity contribution in [2.24, 2.45) is 0 Å². The molecule has 0 radical (unpaired) electrons. The standard InChI is InChI=1S/C27H35N3O5/c1-27(2,3)30(15-14-24(31)32)25(33)23(16-29(4)5)28-26(34)35-17-22-20-12-8-6-10-18(20)19-11-7-9-13-21(19)22/h6-13,22-23H,14-17H2,1-5H3,(H,28,34)(H,31,32). The first kappa shape index (κ1) is 26.2. The van der Waals surface area contributed by atoms with E-state index in [4.69, 9.17) is 9.84 Å². The van der Waals surface area contributed by atoms with E-state index >= 15 is 0 Å². The molecule has 0 spiro atoms. The van der Waals surface area contributed by atoms with Crippen LogP contribution < -0.4 is 5.32 Å². The fourth-order valence-electron chi connectivity index (χ4n) is 4.50. The zero-order valence-electron chi connectivity index (χ0n) is 21.1. The first-order valence-corrected chi connectivity index (χ1v) is 11.8. The molecule has 0 saturated heterocycles. The average Bonchev–Trinajstić information content (AvgIpc) is 3.09. The predicted molar refractivity (Wildman–Crippen MR) is 134 cm³/mol. The summed E-state index contributed by atoms with van der Waals surface area (Å²) in [5.74, 6) is -1.42. The van der Waals surface area contributed by atoms with E-state index < -0.39 is 23.6 Å². The van der Waals surface area contributed by atoms with Crippen molar-refractivity contribution in [3.05, 3.63) is 59.7 Å². The predicted octanol–water partition coefficient (Wildman–Crippen LogP) is 3.56. The van der Waals surface area contributed by atoms with Gasteiger partial charge in [0.25, 0.3) is 0 Å². The molecule has 3 rings (SSSR count). The zero-order valence-corrected chi connectivity index (χ0v) is 21.1. The highest BCUT2D eigenvalue weighted by Crippen LogP contribution is 2.44. The minimum atomic E-state index is -0.985. The maximum Gasteiger partial charge on any atom is 0.407 e. The van der Waals surface area contributed by atoms with E-state index in [1.165, 1.54) is 4.90 Å². The number of ether oxygens (including phenoxy) is 1. The van der Waals surface area contributed by atoms with Crippen molar-refractivity contribution >= 4 is 18.0 Å². The van der Waals surface area contributed by atoms with E-state index in [-0.39, 0.29) is 37.9 Å². The average molecular weight is 482 g/mol. The molecule has 8 heteroatoms. The summed E-state index contributed by atoms with van der Waals surface area (Å²) >= 11 is 0. The van der Waals surface area contributed by atoms with Gasteiger partial charge in [-0.25, -0.2) is 4.79 Å². The third-order valence-corrected chi connectivity index (χ3v) is 6.11. The van der Waals surface area contributed by atoms with E-state index in [2.05, 4.69) is 17.4 Å². The SMILES string of the molecule is CN(C)CC(NC(=O)OCC1c2ccccc2-c2ccccc21)C(=O)N(CCC(=O)O)C(C)(C)C. The van der Waals surface area contributed by atoms with Crippen LogP contribution in [-0.4, -0.2) is 78.2 Å². The summed E-state index contributed by atoms with van der Waals surface area (Å²) in [5, 5.41) is 11.8. The van der Waals surface area contributed by atoms with Crippen LogP contribution in [0.3, 0.4) is 0 Å². The number of benzene rings is 2. The number of alkyl carbamates (subject to hydrolysis) is 1. The van der Waals surface area contributed by atoms with Crippen LogP contribution in [0.1, 0.15) is 44.2 Å². The number of hydrogen-bond acceptors (Lipinski definition) is 5. The number of hydrogen-bond donors (Lipinski definition) is 2. The smallest absolute Gasteiger partial charge is 0.407 e. The van der Waals surface area contributed by atoms with Crippen molar-refractivity contribution in [2.75, 3.05) is 33.8 Å². The number of fused-ring (bicyclic) bond motifs is 3. The number of likely N-dealkylation sites (N-methyl/N-ethyl adjacent to an activating group) is 1. The molecule has 2 aromatic carbocycles. The van der Waals surface area contributed by atoms with Crippen molar-refractivity contribution in [1.82, 2.24) is 15.1 Å². The molecule has 1 unspecified atom stereocenters. The summed E-state index contributed by atoms with van der Waals surface area (Å²) in [6.45, 7) is 5.97. The van der Waals surface area contributed by atoms with Crippen molar-refractivity contribution in [3.8, 4) is 11.1 Å². The van der Waals surface area contributed by atoms with Crippen LogP contribution in [0.15, 0.2) is 48.5 Å². The van der Waals surface area contributed by atoms with Gasteiger partial charge in [0.1, 0.15) is 12.6 Å². The highest BCUT2D eigenvalue weighted by molar-refractivity contribution is 5.87. The third-order valence-electron chi connectivity index (χ3n) is 6.11. The van der Waals surface area contributed by atoms with Crippen LogP contribution in [0.4, 0.5) is 4.79 Å². The minimum absolute atomic E-state index is 0.0496. The van der Waals surface area contributed by atoms with Crippen LogP contribution in [0, 0.1) is 0 Å². The summed E-state index contributed by atoms with van der Waals surface area (Å²) in [6, 6.07) is 15.3. The molecule has 0 saturated carbocycles. The number of carbonyl (C=O) groups excluding carboxylic acids is 2. The van der Waals surface area contributed by atoms with Gasteiger partial charge in [-0.2, -0.15) is 0 Å². The number of carboxylic acid groups (broad SMARTS) is 1. The van der Waals surface area contributed by atoms with Crippen LogP contribution in [0.25, 0.3) is 11.1 Å². The molecule has 1 atom stereocenters. The Morgan fingerprint density at radius 3 is 2.03 bits per heavy atom. The van der Waals surface area contributed by atoms with Gasteiger partial charge in [0, 0.05) is 24.5 Å². The number of rotatable bonds is 9. The Morgan fingerprint density at radius 1 is 1.00 bits per heavy atom. The lowest BCUT2D eigenvalue weighted by atomic mass is 9.98. The first-order chi connectivity index (χ1) is 16.5. The van der Waals surface area contributed by atoms with E-state index in [0.717, 1.165) is 22.3 Å². The lowest BCUT2D eigenvalue weighted by Gasteiger charge is -2.38. The summed E-state index contributed by atoms with van der Waals surface area (Å²) < 4.78 is 5.63. The molecule has 0 heterocycles. The molecule has 0 aliphatic heterocycles. The summed E-state index contributed by atoms with van der Waals surface area (Å²) in [6.07, 6.45) is -0.859. The third kappa shape index (κ3) is 6.39. The molecule has 188 valence electrons. The molecule has 1 aliphatic rings. The fraction of sp³-hybridized carbons (Fsp3) is 0.444. The summed E-state index contributed by atoms with van der Waals surface area (Å²) in [5.41, 5.74) is 3.87. The summed E-state index contributed by atoms with van der Waals surface area (Å²) in [4.78, 5) is 40.7. The molecule has 0 aromatic heterocycles. The molecular formula is C27H35N3O5. The quantitative estimate of drug-likeness (QED) is 0.568. The second-order valence-corrected chi connectivity index (χ2v) is 10.1. The van der Waals surface area contributed by atoms with Crippen molar-refractivity contribution < 1.29 is 24.2 Å². The molecule has 35 heavy (non-hydrogen) atoms. The molecular weight excluding hydrogens is 446 g/mol. The highest BCUT2D eigenvalue weighted by atomic mass is 16.5. The fourth-order valence-corrected chi connectivity index (χ4v) is 4.50. The van der Waals surface area contributed by atoms with Gasteiger partial charge >= 0.3 is 12.1 Å². The highest BCUT2D eigenvalue weighted by Gasteiger charge is 2.34. The molecule has 2 N–H and O–H groups in total. The molecule has 2 amide bonds. The normalized spacial score (nSPS) is 13.7. The zero-order chi connectivity index (χ0) is 25.8. The maximum absolute atomic E-state index is 13.4. The van der Waals surface area contributed by atoms with E-state index in [9.17, 15) is 14.4 Å². The topological polar surface area (TPSA) is 99.2 Å². The number of nitrogens with zero attached hydrogens (tertiary/aromatic N) is 2. The lowest BCUT2D eigenvalue weighted by Crippen LogP contribution is -2.57. The monoisotopic (exact) mass is 481 g/mol. The van der Waals surface area contributed by atoms with Gasteiger partial charge in [-0.1, -0.05) is 48.5 Å². The van der Waals surface area contributed by atoms with Crippen molar-refractivity contribution in [1.29, 1.82) is 0 Å². The van der Waals surface area contributed by atoms with Crippen molar-refractivity contribution in [3.63, 3.8) is 0 Å². The second kappa shape index (κ2) is 10.9. The lowest BCUT2D eigenvalue weighted by molar-refractivity contribution is -0.142. The van der Waals surface area contributed by atoms with Gasteiger partial charge in [-0.3, -0.25) is 9.59 Å². The Kier molecular flexibility index (Phi) is 8.17. The Balaban J connectivity index is 1.72. The molecule has 8 nitrogen and oxygen atoms in total. The van der Waals surface area contributed by atoms with Gasteiger partial charge in [0.15, 0.2) is 0 Å². The number of amides is 2. The first-order valence-electron chi connectivity index (χ1n) is 11.8. The van der Waals surface area contributed by atoms with Crippen LogP contribution in [0.5, 0.6) is 0 Å².